The van der Waals surface area contributed by atoms with E-state index in [1.807, 2.05) is 18.2 Å². The Kier molecular flexibility index (Phi) is 6.26. The molecule has 4 N–H and O–H groups in total. The SMILES string of the molecule is NC(CSCC(O)CO)c1ccc(-c2ccccc2)cc1. The topological polar surface area (TPSA) is 66.5 Å². The molecule has 0 saturated carbocycles. The minimum atomic E-state index is -0.664. The van der Waals surface area contributed by atoms with Crippen molar-refractivity contribution in [2.24, 2.45) is 5.73 Å². The monoisotopic (exact) mass is 303 g/mol. The summed E-state index contributed by atoms with van der Waals surface area (Å²) >= 11 is 1.55. The van der Waals surface area contributed by atoms with Gasteiger partial charge in [0.25, 0.3) is 0 Å². The van der Waals surface area contributed by atoms with Gasteiger partial charge in [-0.3, -0.25) is 0 Å². The zero-order valence-corrected chi connectivity index (χ0v) is 12.7. The summed E-state index contributed by atoms with van der Waals surface area (Å²) in [6.45, 7) is -0.200. The zero-order valence-electron chi connectivity index (χ0n) is 11.9. The van der Waals surface area contributed by atoms with Crippen LogP contribution in [0.3, 0.4) is 0 Å². The van der Waals surface area contributed by atoms with Crippen LogP contribution in [-0.4, -0.2) is 34.4 Å². The molecule has 0 spiro atoms. The lowest BCUT2D eigenvalue weighted by molar-refractivity contribution is 0.113. The van der Waals surface area contributed by atoms with E-state index in [9.17, 15) is 5.11 Å². The van der Waals surface area contributed by atoms with Gasteiger partial charge in [0.05, 0.1) is 12.7 Å². The summed E-state index contributed by atoms with van der Waals surface area (Å²) in [6.07, 6.45) is -0.664. The molecule has 0 bridgehead atoms. The van der Waals surface area contributed by atoms with Crippen LogP contribution >= 0.6 is 11.8 Å². The molecular formula is C17H21NO2S. The first kappa shape index (κ1) is 16.0. The summed E-state index contributed by atoms with van der Waals surface area (Å²) in [5, 5.41) is 18.1. The van der Waals surface area contributed by atoms with Gasteiger partial charge in [-0.2, -0.15) is 11.8 Å². The lowest BCUT2D eigenvalue weighted by Crippen LogP contribution is -2.18. The molecule has 0 aromatic heterocycles. The summed E-state index contributed by atoms with van der Waals surface area (Å²) < 4.78 is 0. The predicted molar refractivity (Wildman–Crippen MR) is 89.2 cm³/mol. The van der Waals surface area contributed by atoms with E-state index in [1.165, 1.54) is 11.1 Å². The van der Waals surface area contributed by atoms with Gasteiger partial charge in [-0.1, -0.05) is 54.6 Å². The van der Waals surface area contributed by atoms with Crippen LogP contribution in [0.5, 0.6) is 0 Å². The summed E-state index contributed by atoms with van der Waals surface area (Å²) in [4.78, 5) is 0. The van der Waals surface area contributed by atoms with Gasteiger partial charge in [0, 0.05) is 17.5 Å². The molecule has 0 amide bonds. The molecule has 0 aliphatic carbocycles. The highest BCUT2D eigenvalue weighted by atomic mass is 32.2. The molecule has 0 radical (unpaired) electrons. The average Bonchev–Trinajstić information content (AvgIpc) is 2.55. The Morgan fingerprint density at radius 1 is 0.905 bits per heavy atom. The van der Waals surface area contributed by atoms with E-state index >= 15 is 0 Å². The number of rotatable bonds is 7. The highest BCUT2D eigenvalue weighted by Gasteiger charge is 2.08. The molecular weight excluding hydrogens is 282 g/mol. The van der Waals surface area contributed by atoms with Gasteiger partial charge in [0.1, 0.15) is 0 Å². The third-order valence-corrected chi connectivity index (χ3v) is 4.48. The first-order chi connectivity index (χ1) is 10.2. The van der Waals surface area contributed by atoms with Crippen LogP contribution in [0.15, 0.2) is 54.6 Å². The molecule has 0 fully saturated rings. The molecule has 2 aromatic rings. The number of hydrogen-bond acceptors (Lipinski definition) is 4. The van der Waals surface area contributed by atoms with Gasteiger partial charge in [-0.15, -0.1) is 0 Å². The fourth-order valence-corrected chi connectivity index (χ4v) is 2.99. The van der Waals surface area contributed by atoms with E-state index in [0.29, 0.717) is 5.75 Å². The highest BCUT2D eigenvalue weighted by molar-refractivity contribution is 7.99. The molecule has 3 nitrogen and oxygen atoms in total. The highest BCUT2D eigenvalue weighted by Crippen LogP contribution is 2.22. The van der Waals surface area contributed by atoms with Crippen molar-refractivity contribution in [1.82, 2.24) is 0 Å². The van der Waals surface area contributed by atoms with E-state index in [4.69, 9.17) is 10.8 Å². The molecule has 2 rings (SSSR count). The van der Waals surface area contributed by atoms with E-state index in [0.717, 1.165) is 11.3 Å². The number of aliphatic hydroxyl groups is 2. The second-order valence-corrected chi connectivity index (χ2v) is 6.04. The molecule has 0 aliphatic rings. The lowest BCUT2D eigenvalue weighted by atomic mass is 10.0. The van der Waals surface area contributed by atoms with Crippen molar-refractivity contribution in [2.75, 3.05) is 18.1 Å². The Bertz CT molecular complexity index is 530. The van der Waals surface area contributed by atoms with Crippen LogP contribution < -0.4 is 5.73 Å². The summed E-state index contributed by atoms with van der Waals surface area (Å²) in [5.74, 6) is 1.23. The maximum atomic E-state index is 9.29. The second-order valence-electron chi connectivity index (χ2n) is 4.97. The van der Waals surface area contributed by atoms with Gasteiger partial charge in [-0.25, -0.2) is 0 Å². The van der Waals surface area contributed by atoms with Crippen molar-refractivity contribution in [3.05, 3.63) is 60.2 Å². The Morgan fingerprint density at radius 3 is 2.14 bits per heavy atom. The molecule has 0 aliphatic heterocycles. The van der Waals surface area contributed by atoms with Gasteiger partial charge in [0.2, 0.25) is 0 Å². The fraction of sp³-hybridized carbons (Fsp3) is 0.294. The number of aliphatic hydroxyl groups excluding tert-OH is 2. The third-order valence-electron chi connectivity index (χ3n) is 3.26. The van der Waals surface area contributed by atoms with Gasteiger partial charge in [-0.05, 0) is 16.7 Å². The Labute approximate surface area is 129 Å². The third kappa shape index (κ3) is 4.86. The maximum absolute atomic E-state index is 9.29. The summed E-state index contributed by atoms with van der Waals surface area (Å²) in [6, 6.07) is 18.4. The minimum absolute atomic E-state index is 0.0642. The Morgan fingerprint density at radius 2 is 1.52 bits per heavy atom. The van der Waals surface area contributed by atoms with Crippen LogP contribution in [0.4, 0.5) is 0 Å². The van der Waals surface area contributed by atoms with E-state index in [1.54, 1.807) is 11.8 Å². The maximum Gasteiger partial charge on any atom is 0.0861 e. The number of benzene rings is 2. The average molecular weight is 303 g/mol. The largest absolute Gasteiger partial charge is 0.394 e. The first-order valence-corrected chi connectivity index (χ1v) is 8.14. The van der Waals surface area contributed by atoms with Crippen LogP contribution in [0.25, 0.3) is 11.1 Å². The van der Waals surface area contributed by atoms with Crippen LogP contribution in [0, 0.1) is 0 Å². The van der Waals surface area contributed by atoms with E-state index < -0.39 is 6.10 Å². The fourth-order valence-electron chi connectivity index (χ4n) is 2.03. The van der Waals surface area contributed by atoms with E-state index in [2.05, 4.69) is 36.4 Å². The van der Waals surface area contributed by atoms with Crippen LogP contribution in [0.2, 0.25) is 0 Å². The van der Waals surface area contributed by atoms with Crippen LogP contribution in [-0.2, 0) is 0 Å². The van der Waals surface area contributed by atoms with Crippen molar-refractivity contribution in [3.8, 4) is 11.1 Å². The first-order valence-electron chi connectivity index (χ1n) is 6.98. The molecule has 2 aromatic carbocycles. The van der Waals surface area contributed by atoms with E-state index in [-0.39, 0.29) is 12.6 Å². The minimum Gasteiger partial charge on any atom is -0.394 e. The van der Waals surface area contributed by atoms with Gasteiger partial charge in [0.15, 0.2) is 0 Å². The summed E-state index contributed by atoms with van der Waals surface area (Å²) in [5.41, 5.74) is 9.60. The van der Waals surface area contributed by atoms with Gasteiger partial charge < -0.3 is 15.9 Å². The second kappa shape index (κ2) is 8.20. The number of hydrogen-bond donors (Lipinski definition) is 3. The normalized spacial score (nSPS) is 13.9. The lowest BCUT2D eigenvalue weighted by Gasteiger charge is -2.13. The molecule has 21 heavy (non-hydrogen) atoms. The smallest absolute Gasteiger partial charge is 0.0861 e. The molecule has 0 saturated heterocycles. The number of thioether (sulfide) groups is 1. The number of nitrogens with two attached hydrogens (primary N) is 1. The Balaban J connectivity index is 1.92. The van der Waals surface area contributed by atoms with Crippen molar-refractivity contribution in [3.63, 3.8) is 0 Å². The molecule has 112 valence electrons. The molecule has 4 heteroatoms. The zero-order chi connectivity index (χ0) is 15.1. The quantitative estimate of drug-likeness (QED) is 0.735. The molecule has 0 heterocycles. The standard InChI is InChI=1S/C17H21NO2S/c18-17(12-21-11-16(20)10-19)15-8-6-14(7-9-15)13-4-2-1-3-5-13/h1-9,16-17,19-20H,10-12,18H2. The molecule has 2 atom stereocenters. The predicted octanol–water partition coefficient (Wildman–Crippen LogP) is 2.44. The van der Waals surface area contributed by atoms with Crippen molar-refractivity contribution in [1.29, 1.82) is 0 Å². The van der Waals surface area contributed by atoms with Crippen molar-refractivity contribution in [2.45, 2.75) is 12.1 Å². The van der Waals surface area contributed by atoms with Gasteiger partial charge >= 0.3 is 0 Å². The van der Waals surface area contributed by atoms with Crippen LogP contribution in [0.1, 0.15) is 11.6 Å². The molecule has 2 unspecified atom stereocenters. The van der Waals surface area contributed by atoms with Crippen molar-refractivity contribution >= 4 is 11.8 Å². The Hall–Kier alpha value is -1.33. The van der Waals surface area contributed by atoms with Crippen molar-refractivity contribution < 1.29 is 10.2 Å². The summed E-state index contributed by atoms with van der Waals surface area (Å²) in [7, 11) is 0.